The van der Waals surface area contributed by atoms with Crippen LogP contribution in [0.15, 0.2) is 28.7 Å². The van der Waals surface area contributed by atoms with E-state index in [9.17, 15) is 4.79 Å². The highest BCUT2D eigenvalue weighted by atomic mass is 79.9. The molecule has 1 saturated heterocycles. The molecule has 0 radical (unpaired) electrons. The molecule has 0 saturated carbocycles. The lowest BCUT2D eigenvalue weighted by atomic mass is 9.91. The Balaban J connectivity index is 1.97. The number of aliphatic carboxylic acids is 1. The highest BCUT2D eigenvalue weighted by molar-refractivity contribution is 9.10. The van der Waals surface area contributed by atoms with E-state index in [1.165, 1.54) is 5.56 Å². The number of carboxylic acid groups (broad SMARTS) is 1. The van der Waals surface area contributed by atoms with Gasteiger partial charge in [0.05, 0.1) is 5.92 Å². The van der Waals surface area contributed by atoms with Gasteiger partial charge in [-0.2, -0.15) is 0 Å². The van der Waals surface area contributed by atoms with Gasteiger partial charge in [0, 0.05) is 17.1 Å². The number of halogens is 1. The van der Waals surface area contributed by atoms with Gasteiger partial charge in [0.2, 0.25) is 0 Å². The predicted octanol–water partition coefficient (Wildman–Crippen LogP) is 3.13. The van der Waals surface area contributed by atoms with Gasteiger partial charge in [-0.05, 0) is 44.0 Å². The summed E-state index contributed by atoms with van der Waals surface area (Å²) in [5, 5.41) is 9.04. The fourth-order valence-corrected chi connectivity index (χ4v) is 3.00. The van der Waals surface area contributed by atoms with E-state index in [2.05, 4.69) is 39.9 Å². The van der Waals surface area contributed by atoms with E-state index >= 15 is 0 Å². The zero-order valence-corrected chi connectivity index (χ0v) is 12.1. The molecule has 2 rings (SSSR count). The lowest BCUT2D eigenvalue weighted by molar-refractivity contribution is -0.144. The van der Waals surface area contributed by atoms with Gasteiger partial charge in [0.1, 0.15) is 0 Å². The Bertz CT molecular complexity index is 436. The second kappa shape index (κ2) is 5.85. The van der Waals surface area contributed by atoms with Crippen LogP contribution in [-0.2, 0) is 11.3 Å². The Morgan fingerprint density at radius 1 is 1.56 bits per heavy atom. The van der Waals surface area contributed by atoms with Gasteiger partial charge in [-0.3, -0.25) is 9.69 Å². The van der Waals surface area contributed by atoms with Crippen LogP contribution in [0.4, 0.5) is 0 Å². The molecule has 1 aromatic carbocycles. The first-order chi connectivity index (χ1) is 8.56. The highest BCUT2D eigenvalue weighted by Crippen LogP contribution is 2.25. The van der Waals surface area contributed by atoms with Crippen LogP contribution in [0, 0.1) is 5.92 Å². The SMILES string of the molecule is CC1CC(C(=O)O)CCN1Cc1cccc(Br)c1. The molecule has 2 atom stereocenters. The maximum Gasteiger partial charge on any atom is 0.306 e. The topological polar surface area (TPSA) is 40.5 Å². The van der Waals surface area contributed by atoms with Crippen LogP contribution in [0.25, 0.3) is 0 Å². The molecule has 0 amide bonds. The highest BCUT2D eigenvalue weighted by Gasteiger charge is 2.29. The fraction of sp³-hybridized carbons (Fsp3) is 0.500. The summed E-state index contributed by atoms with van der Waals surface area (Å²) in [7, 11) is 0. The molecule has 1 N–H and O–H groups in total. The van der Waals surface area contributed by atoms with Crippen molar-refractivity contribution in [1.29, 1.82) is 0 Å². The summed E-state index contributed by atoms with van der Waals surface area (Å²) < 4.78 is 1.09. The maximum absolute atomic E-state index is 11.0. The molecule has 1 fully saturated rings. The van der Waals surface area contributed by atoms with Crippen LogP contribution in [0.3, 0.4) is 0 Å². The monoisotopic (exact) mass is 311 g/mol. The maximum atomic E-state index is 11.0. The molecule has 4 heteroatoms. The molecular weight excluding hydrogens is 294 g/mol. The Hall–Kier alpha value is -0.870. The minimum atomic E-state index is -0.649. The molecule has 0 aromatic heterocycles. The van der Waals surface area contributed by atoms with Crippen molar-refractivity contribution in [2.24, 2.45) is 5.92 Å². The van der Waals surface area contributed by atoms with E-state index < -0.39 is 5.97 Å². The first-order valence-corrected chi connectivity index (χ1v) is 7.07. The van der Waals surface area contributed by atoms with Gasteiger partial charge in [-0.15, -0.1) is 0 Å². The van der Waals surface area contributed by atoms with Gasteiger partial charge in [-0.25, -0.2) is 0 Å². The minimum Gasteiger partial charge on any atom is -0.481 e. The van der Waals surface area contributed by atoms with Gasteiger partial charge in [-0.1, -0.05) is 28.1 Å². The molecule has 18 heavy (non-hydrogen) atoms. The largest absolute Gasteiger partial charge is 0.481 e. The summed E-state index contributed by atoms with van der Waals surface area (Å²) in [4.78, 5) is 13.3. The van der Waals surface area contributed by atoms with Crippen molar-refractivity contribution in [3.05, 3.63) is 34.3 Å². The zero-order chi connectivity index (χ0) is 13.1. The number of benzene rings is 1. The Morgan fingerprint density at radius 2 is 2.33 bits per heavy atom. The molecule has 98 valence electrons. The molecule has 3 nitrogen and oxygen atoms in total. The third-order valence-electron chi connectivity index (χ3n) is 3.64. The zero-order valence-electron chi connectivity index (χ0n) is 10.5. The number of nitrogens with zero attached hydrogens (tertiary/aromatic N) is 1. The second-order valence-corrected chi connectivity index (χ2v) is 5.92. The third-order valence-corrected chi connectivity index (χ3v) is 4.13. The number of carboxylic acids is 1. The molecule has 2 unspecified atom stereocenters. The lowest BCUT2D eigenvalue weighted by Gasteiger charge is -2.36. The summed E-state index contributed by atoms with van der Waals surface area (Å²) in [6, 6.07) is 8.62. The summed E-state index contributed by atoms with van der Waals surface area (Å²) in [6.07, 6.45) is 1.51. The number of piperidine rings is 1. The van der Waals surface area contributed by atoms with Crippen molar-refractivity contribution in [3.63, 3.8) is 0 Å². The summed E-state index contributed by atoms with van der Waals surface area (Å²) >= 11 is 3.47. The van der Waals surface area contributed by atoms with Crippen LogP contribution in [0.1, 0.15) is 25.3 Å². The summed E-state index contributed by atoms with van der Waals surface area (Å²) in [6.45, 7) is 3.88. The standard InChI is InChI=1S/C14H18BrNO2/c1-10-7-12(14(17)18)5-6-16(10)9-11-3-2-4-13(15)8-11/h2-4,8,10,12H,5-7,9H2,1H3,(H,17,18). The van der Waals surface area contributed by atoms with Gasteiger partial charge in [0.15, 0.2) is 0 Å². The first-order valence-electron chi connectivity index (χ1n) is 6.27. The van der Waals surface area contributed by atoms with Crippen LogP contribution < -0.4 is 0 Å². The summed E-state index contributed by atoms with van der Waals surface area (Å²) in [5.41, 5.74) is 1.27. The van der Waals surface area contributed by atoms with Crippen molar-refractivity contribution in [1.82, 2.24) is 4.90 Å². The number of hydrogen-bond donors (Lipinski definition) is 1. The van der Waals surface area contributed by atoms with E-state index in [0.717, 1.165) is 30.4 Å². The number of carbonyl (C=O) groups is 1. The van der Waals surface area contributed by atoms with Crippen LogP contribution in [0.2, 0.25) is 0 Å². The van der Waals surface area contributed by atoms with E-state index in [1.807, 2.05) is 12.1 Å². The average molecular weight is 312 g/mol. The smallest absolute Gasteiger partial charge is 0.306 e. The number of hydrogen-bond acceptors (Lipinski definition) is 2. The Morgan fingerprint density at radius 3 is 2.94 bits per heavy atom. The predicted molar refractivity (Wildman–Crippen MR) is 74.4 cm³/mol. The van der Waals surface area contributed by atoms with Crippen molar-refractivity contribution in [2.75, 3.05) is 6.54 Å². The van der Waals surface area contributed by atoms with Crippen molar-refractivity contribution >= 4 is 21.9 Å². The molecule has 1 aliphatic rings. The minimum absolute atomic E-state index is 0.168. The normalized spacial score (nSPS) is 25.0. The molecular formula is C14H18BrNO2. The quantitative estimate of drug-likeness (QED) is 0.932. The molecule has 1 aliphatic heterocycles. The third kappa shape index (κ3) is 3.33. The van der Waals surface area contributed by atoms with Crippen molar-refractivity contribution < 1.29 is 9.90 Å². The number of rotatable bonds is 3. The van der Waals surface area contributed by atoms with Crippen LogP contribution >= 0.6 is 15.9 Å². The van der Waals surface area contributed by atoms with E-state index in [1.54, 1.807) is 0 Å². The van der Waals surface area contributed by atoms with Gasteiger partial charge in [0.25, 0.3) is 0 Å². The van der Waals surface area contributed by atoms with Crippen LogP contribution in [-0.4, -0.2) is 28.6 Å². The van der Waals surface area contributed by atoms with Gasteiger partial charge >= 0.3 is 5.97 Å². The first kappa shape index (κ1) is 13.6. The molecule has 0 bridgehead atoms. The van der Waals surface area contributed by atoms with Gasteiger partial charge < -0.3 is 5.11 Å². The summed E-state index contributed by atoms with van der Waals surface area (Å²) in [5.74, 6) is -0.817. The molecule has 0 aliphatic carbocycles. The Kier molecular flexibility index (Phi) is 4.40. The number of likely N-dealkylation sites (tertiary alicyclic amines) is 1. The Labute approximate surface area is 116 Å². The van der Waals surface area contributed by atoms with E-state index in [4.69, 9.17) is 5.11 Å². The fourth-order valence-electron chi connectivity index (χ4n) is 2.55. The van der Waals surface area contributed by atoms with E-state index in [0.29, 0.717) is 6.04 Å². The molecule has 0 spiro atoms. The average Bonchev–Trinajstić information content (AvgIpc) is 2.31. The molecule has 1 heterocycles. The second-order valence-electron chi connectivity index (χ2n) is 5.01. The molecule has 1 aromatic rings. The van der Waals surface area contributed by atoms with Crippen molar-refractivity contribution in [3.8, 4) is 0 Å². The lowest BCUT2D eigenvalue weighted by Crippen LogP contribution is -2.42. The van der Waals surface area contributed by atoms with E-state index in [-0.39, 0.29) is 5.92 Å². The van der Waals surface area contributed by atoms with Crippen molar-refractivity contribution in [2.45, 2.75) is 32.4 Å². The van der Waals surface area contributed by atoms with Crippen LogP contribution in [0.5, 0.6) is 0 Å².